The highest BCUT2D eigenvalue weighted by Crippen LogP contribution is 2.25. The number of hydrogen-bond acceptors (Lipinski definition) is 2. The molecule has 0 fully saturated rings. The molecule has 3 aromatic rings. The van der Waals surface area contributed by atoms with Crippen molar-refractivity contribution in [1.82, 2.24) is 9.78 Å². The summed E-state index contributed by atoms with van der Waals surface area (Å²) in [5.74, 6) is -0.276. The molecule has 0 spiro atoms. The predicted octanol–water partition coefficient (Wildman–Crippen LogP) is 5.11. The highest BCUT2D eigenvalue weighted by atomic mass is 35.5. The standard InChI is InChI=1S/C19H17Cl2N3O/c1-12-7-3-6-10-16(12)22-19(25)17-13(2)23-24(18(17)21)11-14-8-4-5-9-15(14)20/h3-10H,11H2,1-2H3,(H,22,25). The molecule has 0 unspecified atom stereocenters. The molecular weight excluding hydrogens is 357 g/mol. The maximum atomic E-state index is 12.7. The molecule has 1 heterocycles. The van der Waals surface area contributed by atoms with Gasteiger partial charge in [-0.25, -0.2) is 4.68 Å². The number of carbonyl (C=O) groups excluding carboxylic acids is 1. The van der Waals surface area contributed by atoms with Gasteiger partial charge < -0.3 is 5.32 Å². The molecule has 3 rings (SSSR count). The Balaban J connectivity index is 1.88. The zero-order chi connectivity index (χ0) is 18.0. The van der Waals surface area contributed by atoms with E-state index in [1.54, 1.807) is 11.6 Å². The second-order valence-electron chi connectivity index (χ2n) is 5.77. The van der Waals surface area contributed by atoms with Gasteiger partial charge in [-0.05, 0) is 37.1 Å². The van der Waals surface area contributed by atoms with Crippen molar-refractivity contribution in [1.29, 1.82) is 0 Å². The van der Waals surface area contributed by atoms with Gasteiger partial charge in [0, 0.05) is 10.7 Å². The number of rotatable bonds is 4. The maximum absolute atomic E-state index is 12.7. The summed E-state index contributed by atoms with van der Waals surface area (Å²) in [5.41, 5.74) is 3.56. The smallest absolute Gasteiger partial charge is 0.260 e. The quantitative estimate of drug-likeness (QED) is 0.690. The first-order valence-electron chi connectivity index (χ1n) is 7.80. The van der Waals surface area contributed by atoms with Crippen molar-refractivity contribution in [3.8, 4) is 0 Å². The number of para-hydroxylation sites is 1. The molecule has 4 nitrogen and oxygen atoms in total. The van der Waals surface area contributed by atoms with Gasteiger partial charge in [0.1, 0.15) is 5.15 Å². The number of benzene rings is 2. The van der Waals surface area contributed by atoms with Gasteiger partial charge in [0.15, 0.2) is 0 Å². The van der Waals surface area contributed by atoms with Crippen LogP contribution in [0.1, 0.15) is 27.2 Å². The number of hydrogen-bond donors (Lipinski definition) is 1. The van der Waals surface area contributed by atoms with E-state index in [4.69, 9.17) is 23.2 Å². The van der Waals surface area contributed by atoms with Crippen LogP contribution in [0.5, 0.6) is 0 Å². The average molecular weight is 374 g/mol. The van der Waals surface area contributed by atoms with Crippen molar-refractivity contribution < 1.29 is 4.79 Å². The van der Waals surface area contributed by atoms with E-state index in [1.165, 1.54) is 0 Å². The van der Waals surface area contributed by atoms with E-state index >= 15 is 0 Å². The topological polar surface area (TPSA) is 46.9 Å². The molecule has 6 heteroatoms. The van der Waals surface area contributed by atoms with Gasteiger partial charge in [0.05, 0.1) is 17.8 Å². The lowest BCUT2D eigenvalue weighted by molar-refractivity contribution is 0.102. The first kappa shape index (κ1) is 17.5. The first-order valence-corrected chi connectivity index (χ1v) is 8.56. The molecule has 1 aromatic heterocycles. The monoisotopic (exact) mass is 373 g/mol. The first-order chi connectivity index (χ1) is 12.0. The molecule has 2 aromatic carbocycles. The molecule has 128 valence electrons. The van der Waals surface area contributed by atoms with E-state index < -0.39 is 0 Å². The predicted molar refractivity (Wildman–Crippen MR) is 102 cm³/mol. The zero-order valence-corrected chi connectivity index (χ0v) is 15.4. The van der Waals surface area contributed by atoms with Gasteiger partial charge in [-0.3, -0.25) is 4.79 Å². The van der Waals surface area contributed by atoms with Gasteiger partial charge >= 0.3 is 0 Å². The lowest BCUT2D eigenvalue weighted by Crippen LogP contribution is -2.14. The third-order valence-electron chi connectivity index (χ3n) is 3.96. The lowest BCUT2D eigenvalue weighted by atomic mass is 10.2. The van der Waals surface area contributed by atoms with Crippen LogP contribution in [0.15, 0.2) is 48.5 Å². The Morgan fingerprint density at radius 3 is 2.48 bits per heavy atom. The Hall–Kier alpha value is -2.30. The van der Waals surface area contributed by atoms with E-state index in [1.807, 2.05) is 55.5 Å². The lowest BCUT2D eigenvalue weighted by Gasteiger charge is -2.08. The van der Waals surface area contributed by atoms with Crippen LogP contribution in [0.25, 0.3) is 0 Å². The van der Waals surface area contributed by atoms with Gasteiger partial charge in [0.2, 0.25) is 0 Å². The van der Waals surface area contributed by atoms with Crippen LogP contribution in [-0.4, -0.2) is 15.7 Å². The van der Waals surface area contributed by atoms with Gasteiger partial charge in [-0.1, -0.05) is 59.6 Å². The van der Waals surface area contributed by atoms with Crippen molar-refractivity contribution in [3.05, 3.63) is 81.1 Å². The number of carbonyl (C=O) groups is 1. The number of amides is 1. The van der Waals surface area contributed by atoms with Crippen molar-refractivity contribution in [2.75, 3.05) is 5.32 Å². The molecule has 0 bridgehead atoms. The van der Waals surface area contributed by atoms with Gasteiger partial charge in [0.25, 0.3) is 5.91 Å². The van der Waals surface area contributed by atoms with Crippen LogP contribution in [0.2, 0.25) is 10.2 Å². The summed E-state index contributed by atoms with van der Waals surface area (Å²) in [6, 6.07) is 15.1. The fourth-order valence-corrected chi connectivity index (χ4v) is 3.12. The van der Waals surface area contributed by atoms with E-state index in [0.29, 0.717) is 28.0 Å². The van der Waals surface area contributed by atoms with Crippen molar-refractivity contribution in [2.24, 2.45) is 0 Å². The van der Waals surface area contributed by atoms with E-state index in [-0.39, 0.29) is 5.91 Å². The molecular formula is C19H17Cl2N3O. The van der Waals surface area contributed by atoms with Gasteiger partial charge in [-0.2, -0.15) is 5.10 Å². The third kappa shape index (κ3) is 3.70. The van der Waals surface area contributed by atoms with Crippen LogP contribution in [-0.2, 0) is 6.54 Å². The minimum absolute atomic E-state index is 0.276. The third-order valence-corrected chi connectivity index (χ3v) is 4.72. The summed E-state index contributed by atoms with van der Waals surface area (Å²) in [4.78, 5) is 12.7. The second-order valence-corrected chi connectivity index (χ2v) is 6.53. The fraction of sp³-hybridized carbons (Fsp3) is 0.158. The average Bonchev–Trinajstić information content (AvgIpc) is 2.86. The molecule has 0 aliphatic rings. The summed E-state index contributed by atoms with van der Waals surface area (Å²) in [6.45, 7) is 4.10. The number of anilines is 1. The molecule has 1 N–H and O–H groups in total. The SMILES string of the molecule is Cc1ccccc1NC(=O)c1c(C)nn(Cc2ccccc2Cl)c1Cl. The Bertz CT molecular complexity index is 934. The summed E-state index contributed by atoms with van der Waals surface area (Å²) in [7, 11) is 0. The molecule has 0 aliphatic carbocycles. The maximum Gasteiger partial charge on any atom is 0.260 e. The highest BCUT2D eigenvalue weighted by Gasteiger charge is 2.21. The number of aryl methyl sites for hydroxylation is 2. The van der Waals surface area contributed by atoms with Crippen LogP contribution < -0.4 is 5.32 Å². The molecule has 0 saturated carbocycles. The fourth-order valence-electron chi connectivity index (χ4n) is 2.60. The number of aromatic nitrogens is 2. The number of nitrogens with zero attached hydrogens (tertiary/aromatic N) is 2. The Morgan fingerprint density at radius 2 is 1.76 bits per heavy atom. The van der Waals surface area contributed by atoms with Crippen molar-refractivity contribution in [2.45, 2.75) is 20.4 Å². The van der Waals surface area contributed by atoms with Crippen LogP contribution in [0.3, 0.4) is 0 Å². The van der Waals surface area contributed by atoms with Crippen molar-refractivity contribution >= 4 is 34.8 Å². The molecule has 0 radical (unpaired) electrons. The van der Waals surface area contributed by atoms with Crippen molar-refractivity contribution in [3.63, 3.8) is 0 Å². The minimum Gasteiger partial charge on any atom is -0.322 e. The van der Waals surface area contributed by atoms with E-state index in [9.17, 15) is 4.79 Å². The highest BCUT2D eigenvalue weighted by molar-refractivity contribution is 6.34. The summed E-state index contributed by atoms with van der Waals surface area (Å²) in [6.07, 6.45) is 0. The van der Waals surface area contributed by atoms with E-state index in [0.717, 1.165) is 16.8 Å². The zero-order valence-electron chi connectivity index (χ0n) is 13.9. The number of halogens is 2. The Labute approximate surface area is 156 Å². The molecule has 25 heavy (non-hydrogen) atoms. The molecule has 0 aliphatic heterocycles. The summed E-state index contributed by atoms with van der Waals surface area (Å²) < 4.78 is 1.59. The summed E-state index contributed by atoms with van der Waals surface area (Å²) >= 11 is 12.6. The Morgan fingerprint density at radius 1 is 1.08 bits per heavy atom. The van der Waals surface area contributed by atoms with Crippen LogP contribution >= 0.6 is 23.2 Å². The molecule has 0 atom stereocenters. The van der Waals surface area contributed by atoms with E-state index in [2.05, 4.69) is 10.4 Å². The van der Waals surface area contributed by atoms with Crippen LogP contribution in [0.4, 0.5) is 5.69 Å². The van der Waals surface area contributed by atoms with Crippen LogP contribution in [0, 0.1) is 13.8 Å². The molecule has 1 amide bonds. The largest absolute Gasteiger partial charge is 0.322 e. The normalized spacial score (nSPS) is 10.7. The Kier molecular flexibility index (Phi) is 5.11. The minimum atomic E-state index is -0.276. The second kappa shape index (κ2) is 7.30. The number of nitrogens with one attached hydrogen (secondary N) is 1. The molecule has 0 saturated heterocycles. The summed E-state index contributed by atoms with van der Waals surface area (Å²) in [5, 5.41) is 8.22. The van der Waals surface area contributed by atoms with Gasteiger partial charge in [-0.15, -0.1) is 0 Å².